The number of likely N-dealkylation sites (N-methyl/N-ethyl adjacent to an activating group) is 1. The molecule has 2 fully saturated rings. The van der Waals surface area contributed by atoms with Crippen LogP contribution in [0.2, 0.25) is 0 Å². The molecule has 0 N–H and O–H groups in total. The summed E-state index contributed by atoms with van der Waals surface area (Å²) in [6.07, 6.45) is 1.08. The second-order valence-corrected chi connectivity index (χ2v) is 3.98. The molecule has 1 atom stereocenters. The summed E-state index contributed by atoms with van der Waals surface area (Å²) >= 11 is 0. The van der Waals surface area contributed by atoms with Crippen molar-refractivity contribution in [1.29, 1.82) is 5.26 Å². The number of hydrogen-bond donors (Lipinski definition) is 0. The Morgan fingerprint density at radius 2 is 2.08 bits per heavy atom. The second kappa shape index (κ2) is 3.04. The summed E-state index contributed by atoms with van der Waals surface area (Å²) < 4.78 is 0. The minimum Gasteiger partial charge on any atom is -0.303 e. The standard InChI is InChI=1S/C9H15N3/c1-11-6-9(7-11)12-3-2-8(4-10)5-12/h8-9H,2-3,5-7H2,1H3/t8-/m1/s1. The van der Waals surface area contributed by atoms with Gasteiger partial charge in [0.05, 0.1) is 12.0 Å². The van der Waals surface area contributed by atoms with Crippen LogP contribution in [0.1, 0.15) is 6.42 Å². The van der Waals surface area contributed by atoms with Gasteiger partial charge >= 0.3 is 0 Å². The second-order valence-electron chi connectivity index (χ2n) is 3.98. The van der Waals surface area contributed by atoms with Crippen molar-refractivity contribution in [1.82, 2.24) is 9.80 Å². The highest BCUT2D eigenvalue weighted by molar-refractivity contribution is 4.96. The zero-order valence-corrected chi connectivity index (χ0v) is 7.53. The average Bonchev–Trinajstić information content (AvgIpc) is 2.46. The van der Waals surface area contributed by atoms with Crippen molar-refractivity contribution in [2.45, 2.75) is 12.5 Å². The van der Waals surface area contributed by atoms with Crippen molar-refractivity contribution in [3.8, 4) is 6.07 Å². The summed E-state index contributed by atoms with van der Waals surface area (Å²) in [6.45, 7) is 4.53. The zero-order valence-electron chi connectivity index (χ0n) is 7.53. The molecule has 2 rings (SSSR count). The fourth-order valence-electron chi connectivity index (χ4n) is 2.12. The molecular weight excluding hydrogens is 150 g/mol. The minimum absolute atomic E-state index is 0.302. The van der Waals surface area contributed by atoms with Crippen LogP contribution in [0.4, 0.5) is 0 Å². The Morgan fingerprint density at radius 3 is 2.58 bits per heavy atom. The van der Waals surface area contributed by atoms with E-state index in [4.69, 9.17) is 5.26 Å². The Hall–Kier alpha value is -0.590. The van der Waals surface area contributed by atoms with E-state index in [2.05, 4.69) is 22.9 Å². The summed E-state index contributed by atoms with van der Waals surface area (Å²) in [4.78, 5) is 4.79. The number of nitriles is 1. The van der Waals surface area contributed by atoms with Gasteiger partial charge in [-0.25, -0.2) is 0 Å². The van der Waals surface area contributed by atoms with Crippen LogP contribution in [0.5, 0.6) is 0 Å². The molecule has 0 radical (unpaired) electrons. The molecule has 3 heteroatoms. The molecule has 2 heterocycles. The fourth-order valence-corrected chi connectivity index (χ4v) is 2.12. The average molecular weight is 165 g/mol. The summed E-state index contributed by atoms with van der Waals surface area (Å²) in [7, 11) is 2.15. The number of hydrogen-bond acceptors (Lipinski definition) is 3. The maximum absolute atomic E-state index is 8.72. The maximum Gasteiger partial charge on any atom is 0.0669 e. The summed E-state index contributed by atoms with van der Waals surface area (Å²) in [5.41, 5.74) is 0. The van der Waals surface area contributed by atoms with Crippen LogP contribution < -0.4 is 0 Å². The van der Waals surface area contributed by atoms with E-state index < -0.39 is 0 Å². The van der Waals surface area contributed by atoms with Gasteiger partial charge in [0.25, 0.3) is 0 Å². The van der Waals surface area contributed by atoms with Gasteiger partial charge in [0.2, 0.25) is 0 Å². The quantitative estimate of drug-likeness (QED) is 0.554. The predicted molar refractivity (Wildman–Crippen MR) is 46.6 cm³/mol. The van der Waals surface area contributed by atoms with Gasteiger partial charge in [0.15, 0.2) is 0 Å². The maximum atomic E-state index is 8.72. The lowest BCUT2D eigenvalue weighted by Crippen LogP contribution is -2.56. The monoisotopic (exact) mass is 165 g/mol. The predicted octanol–water partition coefficient (Wildman–Crippen LogP) is 0.146. The minimum atomic E-state index is 0.302. The molecule has 2 saturated heterocycles. The van der Waals surface area contributed by atoms with Crippen LogP contribution in [0.3, 0.4) is 0 Å². The van der Waals surface area contributed by atoms with Gasteiger partial charge < -0.3 is 4.90 Å². The van der Waals surface area contributed by atoms with Crippen LogP contribution in [0, 0.1) is 17.2 Å². The molecule has 0 bridgehead atoms. The summed E-state index contributed by atoms with van der Waals surface area (Å²) in [6, 6.07) is 3.10. The third kappa shape index (κ3) is 1.33. The van der Waals surface area contributed by atoms with Crippen LogP contribution in [0.15, 0.2) is 0 Å². The van der Waals surface area contributed by atoms with Crippen molar-refractivity contribution < 1.29 is 0 Å². The van der Waals surface area contributed by atoms with Crippen LogP contribution in [-0.4, -0.2) is 49.1 Å². The highest BCUT2D eigenvalue weighted by Gasteiger charge is 2.33. The molecule has 0 aliphatic carbocycles. The molecule has 0 saturated carbocycles. The van der Waals surface area contributed by atoms with Gasteiger partial charge in [0, 0.05) is 25.7 Å². The Labute approximate surface area is 73.6 Å². The molecule has 2 aliphatic heterocycles. The van der Waals surface area contributed by atoms with Gasteiger partial charge in [-0.1, -0.05) is 0 Å². The van der Waals surface area contributed by atoms with Crippen LogP contribution in [0.25, 0.3) is 0 Å². The molecule has 0 spiro atoms. The zero-order chi connectivity index (χ0) is 8.55. The highest BCUT2D eigenvalue weighted by Crippen LogP contribution is 2.21. The van der Waals surface area contributed by atoms with E-state index in [0.29, 0.717) is 5.92 Å². The first-order valence-electron chi connectivity index (χ1n) is 4.62. The third-order valence-corrected chi connectivity index (χ3v) is 2.96. The van der Waals surface area contributed by atoms with Crippen molar-refractivity contribution in [3.63, 3.8) is 0 Å². The first kappa shape index (κ1) is 8.03. The van der Waals surface area contributed by atoms with E-state index in [9.17, 15) is 0 Å². The molecule has 0 aromatic carbocycles. The van der Waals surface area contributed by atoms with E-state index in [1.165, 1.54) is 13.1 Å². The molecule has 0 unspecified atom stereocenters. The van der Waals surface area contributed by atoms with Crippen LogP contribution in [-0.2, 0) is 0 Å². The molecule has 3 nitrogen and oxygen atoms in total. The molecule has 0 aromatic rings. The van der Waals surface area contributed by atoms with Gasteiger partial charge in [0.1, 0.15) is 0 Å². The molecule has 12 heavy (non-hydrogen) atoms. The van der Waals surface area contributed by atoms with E-state index in [0.717, 1.165) is 25.6 Å². The lowest BCUT2D eigenvalue weighted by Gasteiger charge is -2.41. The number of likely N-dealkylation sites (tertiary alicyclic amines) is 2. The van der Waals surface area contributed by atoms with Crippen molar-refractivity contribution >= 4 is 0 Å². The van der Waals surface area contributed by atoms with Gasteiger partial charge in [-0.2, -0.15) is 5.26 Å². The van der Waals surface area contributed by atoms with Gasteiger partial charge in [-0.05, 0) is 20.0 Å². The first-order chi connectivity index (χ1) is 5.79. The molecule has 66 valence electrons. The molecule has 0 amide bonds. The Kier molecular flexibility index (Phi) is 2.03. The van der Waals surface area contributed by atoms with Crippen molar-refractivity contribution in [3.05, 3.63) is 0 Å². The Morgan fingerprint density at radius 1 is 1.33 bits per heavy atom. The fraction of sp³-hybridized carbons (Fsp3) is 0.889. The SMILES string of the molecule is CN1CC(N2CC[C@H](C#N)C2)C1. The van der Waals surface area contributed by atoms with E-state index in [1.807, 2.05) is 0 Å². The highest BCUT2D eigenvalue weighted by atomic mass is 15.3. The number of nitrogens with zero attached hydrogens (tertiary/aromatic N) is 3. The van der Waals surface area contributed by atoms with Gasteiger partial charge in [-0.15, -0.1) is 0 Å². The summed E-state index contributed by atoms with van der Waals surface area (Å²) in [5, 5.41) is 8.72. The molecule has 0 aromatic heterocycles. The van der Waals surface area contributed by atoms with Crippen molar-refractivity contribution in [2.24, 2.45) is 5.92 Å². The normalized spacial score (nSPS) is 33.2. The molecule has 2 aliphatic rings. The topological polar surface area (TPSA) is 30.3 Å². The Bertz CT molecular complexity index is 202. The lowest BCUT2D eigenvalue weighted by atomic mass is 10.1. The number of rotatable bonds is 1. The third-order valence-electron chi connectivity index (χ3n) is 2.96. The molecular formula is C9H15N3. The largest absolute Gasteiger partial charge is 0.303 e. The van der Waals surface area contributed by atoms with E-state index >= 15 is 0 Å². The van der Waals surface area contributed by atoms with E-state index in [-0.39, 0.29) is 0 Å². The van der Waals surface area contributed by atoms with E-state index in [1.54, 1.807) is 0 Å². The first-order valence-corrected chi connectivity index (χ1v) is 4.62. The van der Waals surface area contributed by atoms with Gasteiger partial charge in [-0.3, -0.25) is 4.90 Å². The summed E-state index contributed by atoms with van der Waals surface area (Å²) in [5.74, 6) is 0.302. The smallest absolute Gasteiger partial charge is 0.0669 e. The lowest BCUT2D eigenvalue weighted by molar-refractivity contribution is 0.0679. The van der Waals surface area contributed by atoms with Crippen molar-refractivity contribution in [2.75, 3.05) is 33.2 Å². The Balaban J connectivity index is 1.81. The van der Waals surface area contributed by atoms with Crippen LogP contribution >= 0.6 is 0 Å².